The van der Waals surface area contributed by atoms with Crippen LogP contribution in [0.25, 0.3) is 22.3 Å². The zero-order valence-electron chi connectivity index (χ0n) is 20.0. The maximum absolute atomic E-state index is 13.1. The summed E-state index contributed by atoms with van der Waals surface area (Å²) in [5.41, 5.74) is 4.00. The first-order valence-electron chi connectivity index (χ1n) is 11.9. The van der Waals surface area contributed by atoms with Crippen LogP contribution in [0.1, 0.15) is 36.7 Å². The summed E-state index contributed by atoms with van der Waals surface area (Å²) < 4.78 is 0. The van der Waals surface area contributed by atoms with E-state index in [1.807, 2.05) is 65.6 Å². The highest BCUT2D eigenvalue weighted by molar-refractivity contribution is 5.95. The zero-order valence-corrected chi connectivity index (χ0v) is 20.0. The van der Waals surface area contributed by atoms with Crippen LogP contribution in [0.4, 0.5) is 5.82 Å². The van der Waals surface area contributed by atoms with E-state index >= 15 is 0 Å². The van der Waals surface area contributed by atoms with Gasteiger partial charge in [0.05, 0.1) is 5.52 Å². The Bertz CT molecular complexity index is 1300. The number of nitrogens with zero attached hydrogens (tertiary/aromatic N) is 4. The van der Waals surface area contributed by atoms with Crippen molar-refractivity contribution in [2.75, 3.05) is 31.1 Å². The molecule has 0 atom stereocenters. The lowest BCUT2D eigenvalue weighted by Gasteiger charge is -2.36. The molecule has 1 aromatic heterocycles. The molecule has 1 fully saturated rings. The number of para-hydroxylation sites is 1. The number of rotatable bonds is 3. The van der Waals surface area contributed by atoms with Gasteiger partial charge >= 0.3 is 0 Å². The average Bonchev–Trinajstić information content (AvgIpc) is 2.88. The van der Waals surface area contributed by atoms with Crippen LogP contribution in [0, 0.1) is 0 Å². The van der Waals surface area contributed by atoms with Gasteiger partial charge in [-0.2, -0.15) is 0 Å². The predicted molar refractivity (Wildman–Crippen MR) is 138 cm³/mol. The summed E-state index contributed by atoms with van der Waals surface area (Å²) in [5.74, 6) is 1.76. The Hall–Kier alpha value is -3.73. The maximum atomic E-state index is 13.1. The van der Waals surface area contributed by atoms with Crippen molar-refractivity contribution in [3.63, 3.8) is 0 Å². The summed E-state index contributed by atoms with van der Waals surface area (Å²) in [6.07, 6.45) is 0. The minimum atomic E-state index is 0.0755. The van der Waals surface area contributed by atoms with Gasteiger partial charge in [-0.1, -0.05) is 75.4 Å². The highest BCUT2D eigenvalue weighted by atomic mass is 16.2. The van der Waals surface area contributed by atoms with Gasteiger partial charge in [0.25, 0.3) is 5.91 Å². The standard InChI is InChI=1S/C29H30N4O/c1-29(2,3)23-15-13-22(14-16-23)28(34)33-19-17-32(18-20-33)27-24-11-7-8-12-25(24)30-26(31-27)21-9-5-4-6-10-21/h4-16H,17-20H2,1-3H3. The largest absolute Gasteiger partial charge is 0.352 e. The normalized spacial score (nSPS) is 14.4. The Labute approximate surface area is 201 Å². The second-order valence-corrected chi connectivity index (χ2v) is 9.86. The molecule has 0 N–H and O–H groups in total. The highest BCUT2D eigenvalue weighted by Gasteiger charge is 2.25. The second kappa shape index (κ2) is 8.90. The lowest BCUT2D eigenvalue weighted by Crippen LogP contribution is -2.49. The third-order valence-corrected chi connectivity index (χ3v) is 6.48. The van der Waals surface area contributed by atoms with Crippen LogP contribution in [0.5, 0.6) is 0 Å². The Morgan fingerprint density at radius 3 is 2.09 bits per heavy atom. The number of carbonyl (C=O) groups excluding carboxylic acids is 1. The Kier molecular flexibility index (Phi) is 5.78. The minimum Gasteiger partial charge on any atom is -0.352 e. The molecule has 1 saturated heterocycles. The van der Waals surface area contributed by atoms with Gasteiger partial charge in [-0.3, -0.25) is 4.79 Å². The number of piperazine rings is 1. The van der Waals surface area contributed by atoms with Crippen molar-refractivity contribution in [3.8, 4) is 11.4 Å². The van der Waals surface area contributed by atoms with Crippen LogP contribution in [0.15, 0.2) is 78.9 Å². The van der Waals surface area contributed by atoms with Crippen molar-refractivity contribution < 1.29 is 4.79 Å². The molecule has 1 amide bonds. The summed E-state index contributed by atoms with van der Waals surface area (Å²) in [7, 11) is 0. The SMILES string of the molecule is CC(C)(C)c1ccc(C(=O)N2CCN(c3nc(-c4ccccc4)nc4ccccc34)CC2)cc1. The Morgan fingerprint density at radius 1 is 0.765 bits per heavy atom. The third-order valence-electron chi connectivity index (χ3n) is 6.48. The van der Waals surface area contributed by atoms with Gasteiger partial charge in [-0.05, 0) is 35.2 Å². The molecule has 1 aliphatic rings. The molecule has 5 heteroatoms. The van der Waals surface area contributed by atoms with Gasteiger partial charge in [0.15, 0.2) is 5.82 Å². The molecule has 3 aromatic carbocycles. The Morgan fingerprint density at radius 2 is 1.41 bits per heavy atom. The number of amides is 1. The fourth-order valence-corrected chi connectivity index (χ4v) is 4.43. The van der Waals surface area contributed by atoms with Crippen LogP contribution in [0.2, 0.25) is 0 Å². The van der Waals surface area contributed by atoms with Crippen LogP contribution in [-0.2, 0) is 5.41 Å². The lowest BCUT2D eigenvalue weighted by molar-refractivity contribution is 0.0746. The molecule has 172 valence electrons. The van der Waals surface area contributed by atoms with E-state index in [9.17, 15) is 4.79 Å². The van der Waals surface area contributed by atoms with Crippen molar-refractivity contribution in [2.45, 2.75) is 26.2 Å². The van der Waals surface area contributed by atoms with E-state index in [4.69, 9.17) is 9.97 Å². The monoisotopic (exact) mass is 450 g/mol. The molecular formula is C29H30N4O. The molecular weight excluding hydrogens is 420 g/mol. The summed E-state index contributed by atoms with van der Waals surface area (Å²) in [6.45, 7) is 9.36. The van der Waals surface area contributed by atoms with E-state index in [1.165, 1.54) is 5.56 Å². The fourth-order valence-electron chi connectivity index (χ4n) is 4.43. The van der Waals surface area contributed by atoms with Gasteiger partial charge in [0, 0.05) is 42.7 Å². The van der Waals surface area contributed by atoms with E-state index in [1.54, 1.807) is 0 Å². The van der Waals surface area contributed by atoms with Gasteiger partial charge in [-0.15, -0.1) is 0 Å². The fraction of sp³-hybridized carbons (Fsp3) is 0.276. The van der Waals surface area contributed by atoms with Gasteiger partial charge < -0.3 is 9.80 Å². The predicted octanol–water partition coefficient (Wildman–Crippen LogP) is 5.56. The van der Waals surface area contributed by atoms with Crippen molar-refractivity contribution >= 4 is 22.6 Å². The molecule has 0 aliphatic carbocycles. The minimum absolute atomic E-state index is 0.0755. The number of aromatic nitrogens is 2. The summed E-state index contributed by atoms with van der Waals surface area (Å²) in [5, 5.41) is 1.04. The number of fused-ring (bicyclic) bond motifs is 1. The van der Waals surface area contributed by atoms with Crippen LogP contribution in [0.3, 0.4) is 0 Å². The van der Waals surface area contributed by atoms with E-state index in [2.05, 4.69) is 43.9 Å². The molecule has 5 nitrogen and oxygen atoms in total. The van der Waals surface area contributed by atoms with Crippen molar-refractivity contribution in [2.24, 2.45) is 0 Å². The average molecular weight is 451 g/mol. The van der Waals surface area contributed by atoms with Gasteiger partial charge in [-0.25, -0.2) is 9.97 Å². The van der Waals surface area contributed by atoms with Crippen molar-refractivity contribution in [1.29, 1.82) is 0 Å². The molecule has 0 radical (unpaired) electrons. The van der Waals surface area contributed by atoms with Crippen LogP contribution >= 0.6 is 0 Å². The van der Waals surface area contributed by atoms with Gasteiger partial charge in [0.1, 0.15) is 5.82 Å². The lowest BCUT2D eigenvalue weighted by atomic mass is 9.86. The molecule has 1 aliphatic heterocycles. The number of anilines is 1. The van der Waals surface area contributed by atoms with Crippen LogP contribution in [-0.4, -0.2) is 47.0 Å². The second-order valence-electron chi connectivity index (χ2n) is 9.86. The summed E-state index contributed by atoms with van der Waals surface area (Å²) in [6, 6.07) is 26.3. The third kappa shape index (κ3) is 4.38. The smallest absolute Gasteiger partial charge is 0.253 e. The summed E-state index contributed by atoms with van der Waals surface area (Å²) >= 11 is 0. The van der Waals surface area contributed by atoms with Crippen molar-refractivity contribution in [3.05, 3.63) is 90.0 Å². The van der Waals surface area contributed by atoms with E-state index in [0.717, 1.165) is 46.8 Å². The van der Waals surface area contributed by atoms with Crippen molar-refractivity contribution in [1.82, 2.24) is 14.9 Å². The molecule has 0 bridgehead atoms. The first-order chi connectivity index (χ1) is 16.4. The maximum Gasteiger partial charge on any atom is 0.253 e. The highest BCUT2D eigenvalue weighted by Crippen LogP contribution is 2.28. The number of benzene rings is 3. The quantitative estimate of drug-likeness (QED) is 0.410. The molecule has 0 saturated carbocycles. The molecule has 5 rings (SSSR count). The molecule has 34 heavy (non-hydrogen) atoms. The Balaban J connectivity index is 1.36. The van der Waals surface area contributed by atoms with Crippen LogP contribution < -0.4 is 4.90 Å². The zero-order chi connectivity index (χ0) is 23.7. The van der Waals surface area contributed by atoms with E-state index in [0.29, 0.717) is 13.1 Å². The number of hydrogen-bond acceptors (Lipinski definition) is 4. The first kappa shape index (κ1) is 22.1. The molecule has 2 heterocycles. The van der Waals surface area contributed by atoms with Gasteiger partial charge in [0.2, 0.25) is 0 Å². The molecule has 0 unspecified atom stereocenters. The number of hydrogen-bond donors (Lipinski definition) is 0. The molecule has 4 aromatic rings. The number of carbonyl (C=O) groups is 1. The summed E-state index contributed by atoms with van der Waals surface area (Å²) in [4.78, 5) is 27.1. The van der Waals surface area contributed by atoms with E-state index < -0.39 is 0 Å². The van der Waals surface area contributed by atoms with E-state index in [-0.39, 0.29) is 11.3 Å². The first-order valence-corrected chi connectivity index (χ1v) is 11.9. The topological polar surface area (TPSA) is 49.3 Å². The molecule has 0 spiro atoms.